The minimum Gasteiger partial charge on any atom is -0.449 e. The summed E-state index contributed by atoms with van der Waals surface area (Å²) >= 11 is 0. The SMILES string of the molecule is CCCCCCCCOC(=O)n1cc(CC)nc1C. The van der Waals surface area contributed by atoms with E-state index in [2.05, 4.69) is 11.9 Å². The van der Waals surface area contributed by atoms with Crippen LogP contribution in [0.2, 0.25) is 0 Å². The lowest BCUT2D eigenvalue weighted by atomic mass is 10.1. The van der Waals surface area contributed by atoms with Gasteiger partial charge in [0, 0.05) is 6.20 Å². The summed E-state index contributed by atoms with van der Waals surface area (Å²) in [4.78, 5) is 16.1. The van der Waals surface area contributed by atoms with Crippen LogP contribution in [0.25, 0.3) is 0 Å². The summed E-state index contributed by atoms with van der Waals surface area (Å²) in [6.45, 7) is 6.56. The standard InChI is InChI=1S/C15H26N2O2/c1-4-6-7-8-9-10-11-19-15(18)17-12-14(5-2)16-13(17)3/h12H,4-11H2,1-3H3. The van der Waals surface area contributed by atoms with Crippen LogP contribution in [-0.4, -0.2) is 22.3 Å². The van der Waals surface area contributed by atoms with Crippen molar-refractivity contribution in [3.05, 3.63) is 17.7 Å². The molecule has 0 atom stereocenters. The molecule has 0 N–H and O–H groups in total. The summed E-state index contributed by atoms with van der Waals surface area (Å²) in [5.74, 6) is 0.699. The molecule has 4 nitrogen and oxygen atoms in total. The molecular weight excluding hydrogens is 240 g/mol. The Hall–Kier alpha value is -1.32. The zero-order chi connectivity index (χ0) is 14.1. The van der Waals surface area contributed by atoms with Crippen molar-refractivity contribution in [2.24, 2.45) is 0 Å². The van der Waals surface area contributed by atoms with Crippen molar-refractivity contribution < 1.29 is 9.53 Å². The van der Waals surface area contributed by atoms with E-state index >= 15 is 0 Å². The number of unbranched alkanes of at least 4 members (excludes halogenated alkanes) is 5. The van der Waals surface area contributed by atoms with E-state index in [9.17, 15) is 4.79 Å². The minimum atomic E-state index is -0.307. The number of aromatic nitrogens is 2. The molecule has 0 unspecified atom stereocenters. The highest BCUT2D eigenvalue weighted by Crippen LogP contribution is 2.07. The molecular formula is C15H26N2O2. The van der Waals surface area contributed by atoms with Gasteiger partial charge >= 0.3 is 6.09 Å². The molecule has 108 valence electrons. The van der Waals surface area contributed by atoms with Gasteiger partial charge in [0.05, 0.1) is 12.3 Å². The van der Waals surface area contributed by atoms with E-state index in [0.29, 0.717) is 12.4 Å². The number of nitrogens with zero attached hydrogens (tertiary/aromatic N) is 2. The number of ether oxygens (including phenoxy) is 1. The number of rotatable bonds is 8. The second-order valence-electron chi connectivity index (χ2n) is 4.89. The van der Waals surface area contributed by atoms with Crippen molar-refractivity contribution in [3.8, 4) is 0 Å². The normalized spacial score (nSPS) is 10.7. The Balaban J connectivity index is 2.22. The maximum absolute atomic E-state index is 11.8. The molecule has 1 aromatic heterocycles. The van der Waals surface area contributed by atoms with E-state index in [-0.39, 0.29) is 6.09 Å². The fraction of sp³-hybridized carbons (Fsp3) is 0.733. The van der Waals surface area contributed by atoms with Crippen molar-refractivity contribution in [2.75, 3.05) is 6.61 Å². The summed E-state index contributed by atoms with van der Waals surface area (Å²) < 4.78 is 6.75. The summed E-state index contributed by atoms with van der Waals surface area (Å²) in [6, 6.07) is 0. The van der Waals surface area contributed by atoms with E-state index in [0.717, 1.165) is 25.0 Å². The van der Waals surface area contributed by atoms with Gasteiger partial charge in [0.1, 0.15) is 5.82 Å². The first-order chi connectivity index (χ1) is 9.19. The molecule has 0 bridgehead atoms. The topological polar surface area (TPSA) is 44.1 Å². The third-order valence-corrected chi connectivity index (χ3v) is 3.21. The molecule has 0 amide bonds. The van der Waals surface area contributed by atoms with Gasteiger partial charge in [0.25, 0.3) is 0 Å². The van der Waals surface area contributed by atoms with Crippen LogP contribution in [0.4, 0.5) is 4.79 Å². The number of carbonyl (C=O) groups excluding carboxylic acids is 1. The molecule has 1 rings (SSSR count). The third-order valence-electron chi connectivity index (χ3n) is 3.21. The predicted molar refractivity (Wildman–Crippen MR) is 76.5 cm³/mol. The fourth-order valence-electron chi connectivity index (χ4n) is 2.00. The molecule has 0 spiro atoms. The minimum absolute atomic E-state index is 0.307. The van der Waals surface area contributed by atoms with Crippen molar-refractivity contribution in [3.63, 3.8) is 0 Å². The van der Waals surface area contributed by atoms with Crippen molar-refractivity contribution >= 4 is 6.09 Å². The monoisotopic (exact) mass is 266 g/mol. The highest BCUT2D eigenvalue weighted by Gasteiger charge is 2.11. The molecule has 19 heavy (non-hydrogen) atoms. The van der Waals surface area contributed by atoms with Crippen LogP contribution in [0.5, 0.6) is 0 Å². The Labute approximate surface area is 116 Å². The maximum atomic E-state index is 11.8. The molecule has 0 aliphatic rings. The summed E-state index contributed by atoms with van der Waals surface area (Å²) in [7, 11) is 0. The van der Waals surface area contributed by atoms with Crippen LogP contribution in [0, 0.1) is 6.92 Å². The fourth-order valence-corrected chi connectivity index (χ4v) is 2.00. The summed E-state index contributed by atoms with van der Waals surface area (Å²) in [5.41, 5.74) is 0.925. The van der Waals surface area contributed by atoms with E-state index < -0.39 is 0 Å². The van der Waals surface area contributed by atoms with Crippen LogP contribution in [0.1, 0.15) is 63.9 Å². The van der Waals surface area contributed by atoms with Crippen LogP contribution < -0.4 is 0 Å². The molecule has 0 aromatic carbocycles. The molecule has 1 heterocycles. The number of carbonyl (C=O) groups is 1. The lowest BCUT2D eigenvalue weighted by Crippen LogP contribution is -2.15. The van der Waals surface area contributed by atoms with E-state index in [1.807, 2.05) is 13.8 Å². The smallest absolute Gasteiger partial charge is 0.419 e. The molecule has 1 aromatic rings. The highest BCUT2D eigenvalue weighted by molar-refractivity contribution is 5.71. The van der Waals surface area contributed by atoms with Gasteiger partial charge in [-0.2, -0.15) is 0 Å². The first-order valence-electron chi connectivity index (χ1n) is 7.41. The molecule has 0 saturated heterocycles. The van der Waals surface area contributed by atoms with Gasteiger partial charge in [-0.05, 0) is 19.8 Å². The zero-order valence-corrected chi connectivity index (χ0v) is 12.4. The van der Waals surface area contributed by atoms with Crippen molar-refractivity contribution in [2.45, 2.75) is 65.7 Å². The number of aryl methyl sites for hydroxylation is 2. The Bertz CT molecular complexity index is 385. The van der Waals surface area contributed by atoms with Crippen molar-refractivity contribution in [1.82, 2.24) is 9.55 Å². The lowest BCUT2D eigenvalue weighted by Gasteiger charge is -2.06. The average Bonchev–Trinajstić information content (AvgIpc) is 2.79. The van der Waals surface area contributed by atoms with Gasteiger partial charge in [0.15, 0.2) is 0 Å². The lowest BCUT2D eigenvalue weighted by molar-refractivity contribution is 0.145. The molecule has 0 aliphatic carbocycles. The molecule has 0 saturated carbocycles. The maximum Gasteiger partial charge on any atom is 0.419 e. The first-order valence-corrected chi connectivity index (χ1v) is 7.41. The Kier molecular flexibility index (Phi) is 7.23. The largest absolute Gasteiger partial charge is 0.449 e. The van der Waals surface area contributed by atoms with Crippen LogP contribution in [0.15, 0.2) is 6.20 Å². The third kappa shape index (κ3) is 5.45. The number of imidazole rings is 1. The Morgan fingerprint density at radius 1 is 1.21 bits per heavy atom. The van der Waals surface area contributed by atoms with Crippen LogP contribution >= 0.6 is 0 Å². The summed E-state index contributed by atoms with van der Waals surface area (Å²) in [6.07, 6.45) is 9.44. The van der Waals surface area contributed by atoms with Gasteiger partial charge < -0.3 is 4.74 Å². The molecule has 0 radical (unpaired) electrons. The van der Waals surface area contributed by atoms with Crippen LogP contribution in [0.3, 0.4) is 0 Å². The Morgan fingerprint density at radius 2 is 1.89 bits per heavy atom. The second-order valence-corrected chi connectivity index (χ2v) is 4.89. The first kappa shape index (κ1) is 15.7. The van der Waals surface area contributed by atoms with Gasteiger partial charge in [0.2, 0.25) is 0 Å². The summed E-state index contributed by atoms with van der Waals surface area (Å²) in [5, 5.41) is 0. The van der Waals surface area contributed by atoms with Crippen LogP contribution in [-0.2, 0) is 11.2 Å². The quantitative estimate of drug-likeness (QED) is 0.665. The van der Waals surface area contributed by atoms with Gasteiger partial charge in [-0.15, -0.1) is 0 Å². The molecule has 4 heteroatoms. The number of hydrogen-bond acceptors (Lipinski definition) is 3. The molecule has 0 fully saturated rings. The zero-order valence-electron chi connectivity index (χ0n) is 12.4. The Morgan fingerprint density at radius 3 is 2.53 bits per heavy atom. The van der Waals surface area contributed by atoms with Crippen molar-refractivity contribution in [1.29, 1.82) is 0 Å². The molecule has 0 aliphatic heterocycles. The average molecular weight is 266 g/mol. The van der Waals surface area contributed by atoms with Gasteiger partial charge in [-0.3, -0.25) is 0 Å². The highest BCUT2D eigenvalue weighted by atomic mass is 16.5. The number of hydrogen-bond donors (Lipinski definition) is 0. The van der Waals surface area contributed by atoms with E-state index in [1.54, 1.807) is 6.20 Å². The second kappa shape index (κ2) is 8.73. The van der Waals surface area contributed by atoms with E-state index in [4.69, 9.17) is 4.74 Å². The van der Waals surface area contributed by atoms with E-state index in [1.165, 1.54) is 30.3 Å². The van der Waals surface area contributed by atoms with Gasteiger partial charge in [-0.1, -0.05) is 46.0 Å². The predicted octanol–water partition coefficient (Wildman–Crippen LogP) is 4.10. The van der Waals surface area contributed by atoms with Gasteiger partial charge in [-0.25, -0.2) is 14.3 Å².